The van der Waals surface area contributed by atoms with Crippen molar-refractivity contribution in [2.24, 2.45) is 0 Å². The van der Waals surface area contributed by atoms with Crippen LogP contribution in [0.2, 0.25) is 0 Å². The summed E-state index contributed by atoms with van der Waals surface area (Å²) in [6, 6.07) is 16.6. The summed E-state index contributed by atoms with van der Waals surface area (Å²) in [5.41, 5.74) is 1.28. The van der Waals surface area contributed by atoms with E-state index in [1.807, 2.05) is 12.1 Å². The molecular formula is C32H36O7. The molecule has 206 valence electrons. The van der Waals surface area contributed by atoms with Crippen molar-refractivity contribution in [3.63, 3.8) is 0 Å². The standard InChI is InChI=1S/C20H12O5.C12H24O2/c21-11-5-7-15-17(9-11)24-18-10-12(22)6-8-16(18)20(15)14-4-2-1-3-13(14)19(23)25-20;1-2-3-4-5-6-7-8-9-10-11-12(13)14/h1-10,21-22H;2-11H2,1H3,(H,13,14). The molecule has 3 aromatic rings. The van der Waals surface area contributed by atoms with Gasteiger partial charge in [0, 0.05) is 35.2 Å². The number of carbonyl (C=O) groups is 2. The normalized spacial score (nSPS) is 13.8. The van der Waals surface area contributed by atoms with Crippen LogP contribution in [-0.4, -0.2) is 27.3 Å². The number of ether oxygens (including phenoxy) is 2. The Morgan fingerprint density at radius 1 is 0.744 bits per heavy atom. The molecule has 7 nitrogen and oxygen atoms in total. The van der Waals surface area contributed by atoms with E-state index in [9.17, 15) is 19.8 Å². The highest BCUT2D eigenvalue weighted by atomic mass is 16.6. The molecule has 0 saturated carbocycles. The van der Waals surface area contributed by atoms with Crippen LogP contribution >= 0.6 is 0 Å². The molecule has 0 unspecified atom stereocenters. The van der Waals surface area contributed by atoms with Gasteiger partial charge < -0.3 is 24.8 Å². The van der Waals surface area contributed by atoms with Gasteiger partial charge in [0.05, 0.1) is 5.56 Å². The summed E-state index contributed by atoms with van der Waals surface area (Å²) in [6.07, 6.45) is 11.5. The van der Waals surface area contributed by atoms with Gasteiger partial charge >= 0.3 is 11.9 Å². The van der Waals surface area contributed by atoms with Crippen LogP contribution in [0.25, 0.3) is 0 Å². The molecule has 0 aromatic heterocycles. The Morgan fingerprint density at radius 2 is 1.28 bits per heavy atom. The van der Waals surface area contributed by atoms with Crippen LogP contribution in [0.5, 0.6) is 23.0 Å². The highest BCUT2D eigenvalue weighted by Crippen LogP contribution is 2.56. The summed E-state index contributed by atoms with van der Waals surface area (Å²) >= 11 is 0. The number of hydrogen-bond acceptors (Lipinski definition) is 6. The van der Waals surface area contributed by atoms with Gasteiger partial charge in [-0.3, -0.25) is 4.79 Å². The highest BCUT2D eigenvalue weighted by Gasteiger charge is 2.53. The van der Waals surface area contributed by atoms with Gasteiger partial charge in [0.2, 0.25) is 0 Å². The monoisotopic (exact) mass is 532 g/mol. The number of carbonyl (C=O) groups excluding carboxylic acids is 1. The summed E-state index contributed by atoms with van der Waals surface area (Å²) in [5.74, 6) is -0.251. The first kappa shape index (κ1) is 28.0. The topological polar surface area (TPSA) is 113 Å². The molecule has 0 atom stereocenters. The Kier molecular flexibility index (Phi) is 9.12. The number of rotatable bonds is 10. The number of aromatic hydroxyl groups is 2. The van der Waals surface area contributed by atoms with Crippen molar-refractivity contribution in [1.82, 2.24) is 0 Å². The third-order valence-electron chi connectivity index (χ3n) is 7.18. The average molecular weight is 533 g/mol. The Labute approximate surface area is 229 Å². The fraction of sp³-hybridized carbons (Fsp3) is 0.375. The summed E-state index contributed by atoms with van der Waals surface area (Å²) in [5, 5.41) is 28.1. The van der Waals surface area contributed by atoms with Gasteiger partial charge in [-0.15, -0.1) is 0 Å². The molecule has 5 rings (SSSR count). The lowest BCUT2D eigenvalue weighted by Gasteiger charge is -2.36. The SMILES string of the molecule is CCCCCCCCCCCC(=O)O.O=C1OC2(c3ccc(O)cc3Oc3cc(O)ccc32)c2ccccc21. The van der Waals surface area contributed by atoms with E-state index >= 15 is 0 Å². The van der Waals surface area contributed by atoms with E-state index in [-0.39, 0.29) is 11.5 Å². The molecule has 3 N–H and O–H groups in total. The molecule has 0 amide bonds. The van der Waals surface area contributed by atoms with Crippen molar-refractivity contribution >= 4 is 11.9 Å². The van der Waals surface area contributed by atoms with E-state index < -0.39 is 17.5 Å². The van der Waals surface area contributed by atoms with Crippen LogP contribution in [0.3, 0.4) is 0 Å². The number of phenolic OH excluding ortho intramolecular Hbond substituents is 2. The number of fused-ring (bicyclic) bond motifs is 6. The van der Waals surface area contributed by atoms with Crippen LogP contribution in [0.15, 0.2) is 60.7 Å². The number of benzene rings is 3. The molecule has 7 heteroatoms. The fourth-order valence-electron chi connectivity index (χ4n) is 5.24. The van der Waals surface area contributed by atoms with Gasteiger partial charge in [-0.1, -0.05) is 76.5 Å². The van der Waals surface area contributed by atoms with Gasteiger partial charge in [0.1, 0.15) is 23.0 Å². The van der Waals surface area contributed by atoms with Crippen LogP contribution < -0.4 is 4.74 Å². The molecule has 2 heterocycles. The second-order valence-corrected chi connectivity index (χ2v) is 10.1. The highest BCUT2D eigenvalue weighted by molar-refractivity contribution is 5.97. The van der Waals surface area contributed by atoms with E-state index in [2.05, 4.69) is 6.92 Å². The minimum absolute atomic E-state index is 0.0371. The van der Waals surface area contributed by atoms with Gasteiger partial charge in [0.25, 0.3) is 0 Å². The predicted molar refractivity (Wildman–Crippen MR) is 148 cm³/mol. The first-order valence-corrected chi connectivity index (χ1v) is 13.8. The third kappa shape index (κ3) is 6.19. The van der Waals surface area contributed by atoms with E-state index in [4.69, 9.17) is 14.6 Å². The maximum atomic E-state index is 12.5. The van der Waals surface area contributed by atoms with Crippen molar-refractivity contribution < 1.29 is 34.4 Å². The first-order chi connectivity index (χ1) is 18.9. The largest absolute Gasteiger partial charge is 0.508 e. The molecule has 39 heavy (non-hydrogen) atoms. The van der Waals surface area contributed by atoms with Gasteiger partial charge in [0.15, 0.2) is 5.60 Å². The van der Waals surface area contributed by atoms with Crippen molar-refractivity contribution in [3.05, 3.63) is 82.9 Å². The lowest BCUT2D eigenvalue weighted by molar-refractivity contribution is -0.137. The molecule has 2 aliphatic heterocycles. The molecule has 3 aromatic carbocycles. The molecular weight excluding hydrogens is 496 g/mol. The van der Waals surface area contributed by atoms with Gasteiger partial charge in [-0.2, -0.15) is 0 Å². The maximum absolute atomic E-state index is 12.5. The Balaban J connectivity index is 0.000000218. The second kappa shape index (κ2) is 12.7. The Hall–Kier alpha value is -4.00. The van der Waals surface area contributed by atoms with E-state index in [0.29, 0.717) is 40.2 Å². The minimum atomic E-state index is -1.17. The smallest absolute Gasteiger partial charge is 0.340 e. The number of unbranched alkanes of at least 4 members (excludes halogenated alkanes) is 8. The molecule has 0 bridgehead atoms. The van der Waals surface area contributed by atoms with E-state index in [1.165, 1.54) is 69.2 Å². The Bertz CT molecular complexity index is 1260. The maximum Gasteiger partial charge on any atom is 0.340 e. The number of carboxylic acids is 1. The van der Waals surface area contributed by atoms with E-state index in [1.54, 1.807) is 24.3 Å². The number of phenols is 2. The molecule has 0 fully saturated rings. The van der Waals surface area contributed by atoms with Gasteiger partial charge in [-0.25, -0.2) is 4.79 Å². The van der Waals surface area contributed by atoms with Crippen LogP contribution in [0.1, 0.15) is 98.2 Å². The summed E-state index contributed by atoms with van der Waals surface area (Å²) in [6.45, 7) is 2.23. The number of carboxylic acid groups (broad SMARTS) is 1. The predicted octanol–water partition coefficient (Wildman–Crippen LogP) is 7.66. The van der Waals surface area contributed by atoms with Gasteiger partial charge in [-0.05, 0) is 36.8 Å². The average Bonchev–Trinajstić information content (AvgIpc) is 3.20. The van der Waals surface area contributed by atoms with Crippen LogP contribution in [0, 0.1) is 0 Å². The summed E-state index contributed by atoms with van der Waals surface area (Å²) in [7, 11) is 0. The Morgan fingerprint density at radius 3 is 1.85 bits per heavy atom. The zero-order valence-electron chi connectivity index (χ0n) is 22.3. The van der Waals surface area contributed by atoms with Crippen molar-refractivity contribution in [3.8, 4) is 23.0 Å². The summed E-state index contributed by atoms with van der Waals surface area (Å²) < 4.78 is 11.8. The third-order valence-corrected chi connectivity index (χ3v) is 7.18. The minimum Gasteiger partial charge on any atom is -0.508 e. The number of hydrogen-bond donors (Lipinski definition) is 3. The second-order valence-electron chi connectivity index (χ2n) is 10.1. The number of esters is 1. The lowest BCUT2D eigenvalue weighted by Crippen LogP contribution is -2.32. The quantitative estimate of drug-likeness (QED) is 0.181. The first-order valence-electron chi connectivity index (χ1n) is 13.8. The number of aliphatic carboxylic acids is 1. The van der Waals surface area contributed by atoms with Crippen molar-refractivity contribution in [1.29, 1.82) is 0 Å². The molecule has 2 aliphatic rings. The van der Waals surface area contributed by atoms with Crippen LogP contribution in [0.4, 0.5) is 0 Å². The van der Waals surface area contributed by atoms with Crippen molar-refractivity contribution in [2.45, 2.75) is 76.7 Å². The molecule has 0 aliphatic carbocycles. The summed E-state index contributed by atoms with van der Waals surface area (Å²) in [4.78, 5) is 22.7. The lowest BCUT2D eigenvalue weighted by atomic mass is 9.77. The van der Waals surface area contributed by atoms with Crippen LogP contribution in [-0.2, 0) is 15.1 Å². The zero-order chi connectivity index (χ0) is 27.8. The molecule has 1 spiro atoms. The van der Waals surface area contributed by atoms with E-state index in [0.717, 1.165) is 12.8 Å². The van der Waals surface area contributed by atoms with Crippen molar-refractivity contribution in [2.75, 3.05) is 0 Å². The molecule has 0 saturated heterocycles. The zero-order valence-corrected chi connectivity index (χ0v) is 22.3. The fourth-order valence-corrected chi connectivity index (χ4v) is 5.24. The molecule has 0 radical (unpaired) electrons.